The maximum Gasteiger partial charge on any atom is 0.215 e. The van der Waals surface area contributed by atoms with Gasteiger partial charge in [0.05, 0.1) is 12.7 Å². The second-order valence-corrected chi connectivity index (χ2v) is 3.68. The van der Waals surface area contributed by atoms with Crippen molar-refractivity contribution in [2.75, 3.05) is 6.61 Å². The van der Waals surface area contributed by atoms with Gasteiger partial charge in [0.2, 0.25) is 6.29 Å². The van der Waals surface area contributed by atoms with E-state index < -0.39 is 6.29 Å². The molecule has 16 heavy (non-hydrogen) atoms. The second kappa shape index (κ2) is 5.05. The van der Waals surface area contributed by atoms with Crippen molar-refractivity contribution >= 4 is 11.9 Å². The molecule has 1 aromatic carbocycles. The first kappa shape index (κ1) is 11.0. The van der Waals surface area contributed by atoms with Crippen LogP contribution in [0.1, 0.15) is 12.0 Å². The van der Waals surface area contributed by atoms with Gasteiger partial charge in [-0.25, -0.2) is 0 Å². The summed E-state index contributed by atoms with van der Waals surface area (Å²) in [5.41, 5.74) is 1.94. The Morgan fingerprint density at radius 3 is 2.81 bits per heavy atom. The van der Waals surface area contributed by atoms with Crippen molar-refractivity contribution in [3.05, 3.63) is 42.5 Å². The van der Waals surface area contributed by atoms with E-state index in [4.69, 9.17) is 9.47 Å². The Balaban J connectivity index is 2.07. The third kappa shape index (κ3) is 2.38. The molecule has 1 saturated heterocycles. The highest BCUT2D eigenvalue weighted by molar-refractivity contribution is 5.67. The van der Waals surface area contributed by atoms with Crippen LogP contribution >= 0.6 is 0 Å². The molecule has 2 atom stereocenters. The van der Waals surface area contributed by atoms with Crippen molar-refractivity contribution in [3.8, 4) is 0 Å². The van der Waals surface area contributed by atoms with Gasteiger partial charge in [-0.15, -0.1) is 0 Å². The number of rotatable bonds is 3. The molecule has 0 aromatic heterocycles. The molecule has 0 amide bonds. The van der Waals surface area contributed by atoms with Crippen LogP contribution in [0, 0.1) is 0 Å². The predicted octanol–water partition coefficient (Wildman–Crippen LogP) is 2.03. The van der Waals surface area contributed by atoms with Crippen molar-refractivity contribution in [2.45, 2.75) is 18.8 Å². The van der Waals surface area contributed by atoms with E-state index in [1.54, 1.807) is 0 Å². The highest BCUT2D eigenvalue weighted by Crippen LogP contribution is 2.24. The van der Waals surface area contributed by atoms with E-state index in [-0.39, 0.29) is 6.10 Å². The van der Waals surface area contributed by atoms with Gasteiger partial charge in [0.1, 0.15) is 0 Å². The monoisotopic (exact) mass is 218 g/mol. The Bertz CT molecular complexity index is 372. The third-order valence-corrected chi connectivity index (χ3v) is 2.60. The molecule has 0 spiro atoms. The molecule has 2 rings (SSSR count). The van der Waals surface area contributed by atoms with Gasteiger partial charge in [0.15, 0.2) is 6.29 Å². The van der Waals surface area contributed by atoms with Crippen molar-refractivity contribution in [2.24, 2.45) is 0 Å². The number of carbonyl (C=O) groups excluding carboxylic acids is 1. The number of ether oxygens (including phenoxy) is 2. The van der Waals surface area contributed by atoms with Crippen LogP contribution in [0.3, 0.4) is 0 Å². The fraction of sp³-hybridized carbons (Fsp3) is 0.308. The molecule has 1 aliphatic heterocycles. The Morgan fingerprint density at radius 1 is 1.38 bits per heavy atom. The average molecular weight is 218 g/mol. The molecule has 1 heterocycles. The quantitative estimate of drug-likeness (QED) is 0.728. The lowest BCUT2D eigenvalue weighted by Crippen LogP contribution is -2.33. The zero-order chi connectivity index (χ0) is 11.4. The highest BCUT2D eigenvalue weighted by Gasteiger charge is 2.24. The largest absolute Gasteiger partial charge is 0.346 e. The minimum absolute atomic E-state index is 0.133. The SMILES string of the molecule is C=C(c1ccccc1)C1CCOC(C=O)O1. The standard InChI is InChI=1S/C13H14O3/c1-10(11-5-3-2-4-6-11)12-7-8-15-13(9-14)16-12/h2-6,9,12-13H,1,7-8H2. The van der Waals surface area contributed by atoms with Gasteiger partial charge >= 0.3 is 0 Å². The fourth-order valence-corrected chi connectivity index (χ4v) is 1.73. The van der Waals surface area contributed by atoms with Crippen LogP contribution in [0.25, 0.3) is 5.57 Å². The van der Waals surface area contributed by atoms with Crippen molar-refractivity contribution < 1.29 is 14.3 Å². The lowest BCUT2D eigenvalue weighted by atomic mass is 10.00. The van der Waals surface area contributed by atoms with Crippen molar-refractivity contribution in [1.82, 2.24) is 0 Å². The van der Waals surface area contributed by atoms with Crippen LogP contribution in [0.2, 0.25) is 0 Å². The van der Waals surface area contributed by atoms with Crippen LogP contribution in [0.5, 0.6) is 0 Å². The smallest absolute Gasteiger partial charge is 0.215 e. The van der Waals surface area contributed by atoms with Gasteiger partial charge < -0.3 is 9.47 Å². The number of hydrogen-bond acceptors (Lipinski definition) is 3. The van der Waals surface area contributed by atoms with Gasteiger partial charge in [-0.1, -0.05) is 36.9 Å². The van der Waals surface area contributed by atoms with Crippen molar-refractivity contribution in [1.29, 1.82) is 0 Å². The topological polar surface area (TPSA) is 35.5 Å². The number of carbonyl (C=O) groups is 1. The summed E-state index contributed by atoms with van der Waals surface area (Å²) in [6.45, 7) is 4.55. The normalized spacial score (nSPS) is 25.0. The predicted molar refractivity (Wildman–Crippen MR) is 60.8 cm³/mol. The molecule has 3 nitrogen and oxygen atoms in total. The second-order valence-electron chi connectivity index (χ2n) is 3.68. The van der Waals surface area contributed by atoms with Crippen LogP contribution in [-0.2, 0) is 14.3 Å². The zero-order valence-corrected chi connectivity index (χ0v) is 8.96. The fourth-order valence-electron chi connectivity index (χ4n) is 1.73. The van der Waals surface area contributed by atoms with Crippen LogP contribution < -0.4 is 0 Å². The Labute approximate surface area is 94.7 Å². The number of aldehydes is 1. The summed E-state index contributed by atoms with van der Waals surface area (Å²) in [6, 6.07) is 9.83. The van der Waals surface area contributed by atoms with Crippen LogP contribution in [0.15, 0.2) is 36.9 Å². The summed E-state index contributed by atoms with van der Waals surface area (Å²) in [5.74, 6) is 0. The Kier molecular flexibility index (Phi) is 3.49. The average Bonchev–Trinajstić information content (AvgIpc) is 2.39. The number of hydrogen-bond donors (Lipinski definition) is 0. The molecule has 0 N–H and O–H groups in total. The molecule has 1 aromatic rings. The molecule has 1 fully saturated rings. The third-order valence-electron chi connectivity index (χ3n) is 2.60. The summed E-state index contributed by atoms with van der Waals surface area (Å²) in [5, 5.41) is 0. The van der Waals surface area contributed by atoms with E-state index >= 15 is 0 Å². The van der Waals surface area contributed by atoms with Gasteiger partial charge in [0.25, 0.3) is 0 Å². The van der Waals surface area contributed by atoms with E-state index in [1.165, 1.54) is 0 Å². The van der Waals surface area contributed by atoms with Crippen LogP contribution in [0.4, 0.5) is 0 Å². The molecular formula is C13H14O3. The summed E-state index contributed by atoms with van der Waals surface area (Å²) in [4.78, 5) is 10.6. The van der Waals surface area contributed by atoms with E-state index in [1.807, 2.05) is 30.3 Å². The molecule has 0 bridgehead atoms. The Hall–Kier alpha value is -1.45. The van der Waals surface area contributed by atoms with E-state index in [2.05, 4.69) is 6.58 Å². The Morgan fingerprint density at radius 2 is 2.12 bits per heavy atom. The van der Waals surface area contributed by atoms with Crippen molar-refractivity contribution in [3.63, 3.8) is 0 Å². The van der Waals surface area contributed by atoms with E-state index in [9.17, 15) is 4.79 Å². The van der Waals surface area contributed by atoms with Gasteiger partial charge in [-0.05, 0) is 11.1 Å². The summed E-state index contributed by atoms with van der Waals surface area (Å²) in [7, 11) is 0. The maximum absolute atomic E-state index is 10.6. The van der Waals surface area contributed by atoms with E-state index in [0.29, 0.717) is 12.9 Å². The lowest BCUT2D eigenvalue weighted by Gasteiger charge is -2.28. The van der Waals surface area contributed by atoms with Gasteiger partial charge in [0, 0.05) is 6.42 Å². The summed E-state index contributed by atoms with van der Waals surface area (Å²) in [6.07, 6.45) is 0.522. The highest BCUT2D eigenvalue weighted by atomic mass is 16.7. The first-order valence-corrected chi connectivity index (χ1v) is 5.28. The summed E-state index contributed by atoms with van der Waals surface area (Å²) < 4.78 is 10.6. The zero-order valence-electron chi connectivity index (χ0n) is 8.96. The number of benzene rings is 1. The minimum atomic E-state index is -0.751. The maximum atomic E-state index is 10.6. The molecule has 0 radical (unpaired) electrons. The summed E-state index contributed by atoms with van der Waals surface area (Å²) >= 11 is 0. The molecule has 0 saturated carbocycles. The first-order valence-electron chi connectivity index (χ1n) is 5.28. The molecule has 0 aliphatic carbocycles. The molecule has 84 valence electrons. The molecule has 2 unspecified atom stereocenters. The molecular weight excluding hydrogens is 204 g/mol. The molecule has 1 aliphatic rings. The molecule has 3 heteroatoms. The van der Waals surface area contributed by atoms with E-state index in [0.717, 1.165) is 17.6 Å². The lowest BCUT2D eigenvalue weighted by molar-refractivity contribution is -0.190. The minimum Gasteiger partial charge on any atom is -0.346 e. The van der Waals surface area contributed by atoms with Crippen LogP contribution in [-0.4, -0.2) is 25.3 Å². The first-order chi connectivity index (χ1) is 7.81. The van der Waals surface area contributed by atoms with Gasteiger partial charge in [-0.2, -0.15) is 0 Å². The van der Waals surface area contributed by atoms with Gasteiger partial charge in [-0.3, -0.25) is 4.79 Å².